The van der Waals surface area contributed by atoms with E-state index in [1.807, 2.05) is 24.3 Å². The van der Waals surface area contributed by atoms with Gasteiger partial charge in [-0.2, -0.15) is 0 Å². The molecule has 2 aromatic rings. The molecular formula is C19H24ClN5O2S. The number of hydrogen-bond acceptors (Lipinski definition) is 6. The fourth-order valence-electron chi connectivity index (χ4n) is 3.03. The molecule has 0 bridgehead atoms. The van der Waals surface area contributed by atoms with Gasteiger partial charge in [-0.1, -0.05) is 22.9 Å². The summed E-state index contributed by atoms with van der Waals surface area (Å²) in [6, 6.07) is 7.81. The summed E-state index contributed by atoms with van der Waals surface area (Å²) in [5.74, 6) is -0.216. The highest BCUT2D eigenvalue weighted by Gasteiger charge is 2.21. The van der Waals surface area contributed by atoms with Crippen molar-refractivity contribution in [2.45, 2.75) is 6.92 Å². The first-order valence-corrected chi connectivity index (χ1v) is 10.2. The summed E-state index contributed by atoms with van der Waals surface area (Å²) in [5, 5.41) is 4.02. The number of rotatable bonds is 5. The van der Waals surface area contributed by atoms with Crippen LogP contribution in [0.5, 0.6) is 0 Å². The van der Waals surface area contributed by atoms with Gasteiger partial charge in [0.05, 0.1) is 12.2 Å². The first-order valence-electron chi connectivity index (χ1n) is 9.05. The molecule has 9 heteroatoms. The Morgan fingerprint density at radius 2 is 1.82 bits per heavy atom. The van der Waals surface area contributed by atoms with Crippen LogP contribution in [0.4, 0.5) is 10.8 Å². The Kier molecular flexibility index (Phi) is 6.53. The van der Waals surface area contributed by atoms with Crippen LogP contribution in [0.25, 0.3) is 0 Å². The monoisotopic (exact) mass is 421 g/mol. The number of carbonyl (C=O) groups is 2. The Hall–Kier alpha value is -2.16. The minimum atomic E-state index is -0.113. The smallest absolute Gasteiger partial charge is 0.265 e. The van der Waals surface area contributed by atoms with E-state index in [1.165, 1.54) is 16.2 Å². The van der Waals surface area contributed by atoms with Crippen molar-refractivity contribution in [1.82, 2.24) is 14.8 Å². The molecule has 1 saturated heterocycles. The average Bonchev–Trinajstić information content (AvgIpc) is 3.02. The number of nitrogens with zero attached hydrogens (tertiary/aromatic N) is 4. The van der Waals surface area contributed by atoms with Crippen LogP contribution in [0.2, 0.25) is 5.02 Å². The van der Waals surface area contributed by atoms with Crippen LogP contribution < -0.4 is 10.2 Å². The summed E-state index contributed by atoms with van der Waals surface area (Å²) in [6.07, 6.45) is 0. The van der Waals surface area contributed by atoms with E-state index in [0.717, 1.165) is 36.9 Å². The molecule has 0 aliphatic carbocycles. The van der Waals surface area contributed by atoms with E-state index in [9.17, 15) is 9.59 Å². The number of anilines is 2. The van der Waals surface area contributed by atoms with Gasteiger partial charge in [-0.15, -0.1) is 0 Å². The van der Waals surface area contributed by atoms with Crippen molar-refractivity contribution < 1.29 is 9.59 Å². The van der Waals surface area contributed by atoms with Gasteiger partial charge in [0.1, 0.15) is 4.88 Å². The Morgan fingerprint density at radius 1 is 1.18 bits per heavy atom. The predicted octanol–water partition coefficient (Wildman–Crippen LogP) is 2.57. The zero-order valence-corrected chi connectivity index (χ0v) is 17.8. The maximum Gasteiger partial charge on any atom is 0.265 e. The minimum Gasteiger partial charge on any atom is -0.369 e. The SMILES string of the molecule is Cc1nc(NC(=O)CN2CCN(c3ccc(Cl)cc3)CC2)sc1C(=O)N(C)C. The molecule has 1 aliphatic heterocycles. The van der Waals surface area contributed by atoms with E-state index in [2.05, 4.69) is 20.1 Å². The van der Waals surface area contributed by atoms with Crippen molar-refractivity contribution in [3.05, 3.63) is 39.9 Å². The third-order valence-corrected chi connectivity index (χ3v) is 5.89. The van der Waals surface area contributed by atoms with Crippen molar-refractivity contribution >= 4 is 45.6 Å². The summed E-state index contributed by atoms with van der Waals surface area (Å²) in [7, 11) is 3.40. The van der Waals surface area contributed by atoms with Gasteiger partial charge in [0.15, 0.2) is 5.13 Å². The lowest BCUT2D eigenvalue weighted by atomic mass is 10.2. The van der Waals surface area contributed by atoms with Gasteiger partial charge in [-0.25, -0.2) is 4.98 Å². The highest BCUT2D eigenvalue weighted by molar-refractivity contribution is 7.17. The Balaban J connectivity index is 1.50. The topological polar surface area (TPSA) is 68.8 Å². The summed E-state index contributed by atoms with van der Waals surface area (Å²) in [6.45, 7) is 5.40. The van der Waals surface area contributed by atoms with Crippen molar-refractivity contribution in [3.8, 4) is 0 Å². The second-order valence-corrected chi connectivity index (χ2v) is 8.36. The van der Waals surface area contributed by atoms with Crippen LogP contribution in [-0.2, 0) is 4.79 Å². The molecule has 0 unspecified atom stereocenters. The molecule has 7 nitrogen and oxygen atoms in total. The number of aromatic nitrogens is 1. The van der Waals surface area contributed by atoms with Gasteiger partial charge in [0.2, 0.25) is 5.91 Å². The minimum absolute atomic E-state index is 0.103. The van der Waals surface area contributed by atoms with Crippen LogP contribution in [0.15, 0.2) is 24.3 Å². The Bertz CT molecular complexity index is 845. The molecule has 2 amide bonds. The molecule has 0 saturated carbocycles. The Labute approximate surface area is 173 Å². The molecule has 1 aromatic heterocycles. The number of nitrogens with one attached hydrogen (secondary N) is 1. The van der Waals surface area contributed by atoms with Gasteiger partial charge in [0.25, 0.3) is 5.91 Å². The van der Waals surface area contributed by atoms with E-state index >= 15 is 0 Å². The zero-order valence-electron chi connectivity index (χ0n) is 16.2. The molecule has 1 aromatic carbocycles. The Morgan fingerprint density at radius 3 is 2.43 bits per heavy atom. The highest BCUT2D eigenvalue weighted by Crippen LogP contribution is 2.24. The van der Waals surface area contributed by atoms with Crippen molar-refractivity contribution in [3.63, 3.8) is 0 Å². The standard InChI is InChI=1S/C19H24ClN5O2S/c1-13-17(18(27)23(2)3)28-19(21-13)22-16(26)12-24-8-10-25(11-9-24)15-6-4-14(20)5-7-15/h4-7H,8-12H2,1-3H3,(H,21,22,26). The van der Waals surface area contributed by atoms with Crippen molar-refractivity contribution in [1.29, 1.82) is 0 Å². The van der Waals surface area contributed by atoms with E-state index in [1.54, 1.807) is 21.0 Å². The fraction of sp³-hybridized carbons (Fsp3) is 0.421. The van der Waals surface area contributed by atoms with Gasteiger partial charge in [-0.05, 0) is 31.2 Å². The van der Waals surface area contributed by atoms with Crippen molar-refractivity contribution in [2.24, 2.45) is 0 Å². The number of thiazole rings is 1. The maximum absolute atomic E-state index is 12.4. The summed E-state index contributed by atoms with van der Waals surface area (Å²) in [4.78, 5) is 35.3. The normalized spacial score (nSPS) is 14.8. The summed E-state index contributed by atoms with van der Waals surface area (Å²) < 4.78 is 0. The molecule has 0 radical (unpaired) electrons. The number of carbonyl (C=O) groups excluding carboxylic acids is 2. The number of halogens is 1. The molecule has 3 rings (SSSR count). The molecule has 1 N–H and O–H groups in total. The zero-order chi connectivity index (χ0) is 20.3. The van der Waals surface area contributed by atoms with E-state index in [4.69, 9.17) is 11.6 Å². The predicted molar refractivity (Wildman–Crippen MR) is 114 cm³/mol. The maximum atomic E-state index is 12.4. The molecule has 28 heavy (non-hydrogen) atoms. The number of benzene rings is 1. The third-order valence-electron chi connectivity index (χ3n) is 4.57. The van der Waals surface area contributed by atoms with Crippen LogP contribution >= 0.6 is 22.9 Å². The second kappa shape index (κ2) is 8.89. The first kappa shape index (κ1) is 20.6. The van der Waals surface area contributed by atoms with Crippen molar-refractivity contribution in [2.75, 3.05) is 57.0 Å². The van der Waals surface area contributed by atoms with Gasteiger partial charge < -0.3 is 15.1 Å². The summed E-state index contributed by atoms with van der Waals surface area (Å²) in [5.41, 5.74) is 1.78. The largest absolute Gasteiger partial charge is 0.369 e. The number of amides is 2. The highest BCUT2D eigenvalue weighted by atomic mass is 35.5. The van der Waals surface area contributed by atoms with Gasteiger partial charge in [0, 0.05) is 51.0 Å². The van der Waals surface area contributed by atoms with Crippen LogP contribution in [0.1, 0.15) is 15.4 Å². The van der Waals surface area contributed by atoms with E-state index < -0.39 is 0 Å². The van der Waals surface area contributed by atoms with E-state index in [0.29, 0.717) is 22.2 Å². The van der Waals surface area contributed by atoms with Gasteiger partial charge >= 0.3 is 0 Å². The number of hydrogen-bond donors (Lipinski definition) is 1. The molecule has 0 atom stereocenters. The lowest BCUT2D eigenvalue weighted by Gasteiger charge is -2.35. The molecule has 0 spiro atoms. The number of aryl methyl sites for hydroxylation is 1. The first-order chi connectivity index (χ1) is 13.3. The fourth-order valence-corrected chi connectivity index (χ4v) is 4.16. The third kappa shape index (κ3) is 5.01. The summed E-state index contributed by atoms with van der Waals surface area (Å²) >= 11 is 7.16. The second-order valence-electron chi connectivity index (χ2n) is 6.92. The molecule has 1 aliphatic rings. The number of piperazine rings is 1. The van der Waals surface area contributed by atoms with E-state index in [-0.39, 0.29) is 11.8 Å². The molecule has 1 fully saturated rings. The molecule has 2 heterocycles. The lowest BCUT2D eigenvalue weighted by molar-refractivity contribution is -0.117. The van der Waals surface area contributed by atoms with Crippen LogP contribution in [0, 0.1) is 6.92 Å². The average molecular weight is 422 g/mol. The van der Waals surface area contributed by atoms with Crippen LogP contribution in [-0.4, -0.2) is 73.4 Å². The quantitative estimate of drug-likeness (QED) is 0.803. The van der Waals surface area contributed by atoms with Crippen LogP contribution in [0.3, 0.4) is 0 Å². The van der Waals surface area contributed by atoms with Gasteiger partial charge in [-0.3, -0.25) is 14.5 Å². The molecule has 150 valence electrons. The lowest BCUT2D eigenvalue weighted by Crippen LogP contribution is -2.48. The molecular weight excluding hydrogens is 398 g/mol.